The summed E-state index contributed by atoms with van der Waals surface area (Å²) in [7, 11) is 0. The molecule has 1 heterocycles. The van der Waals surface area contributed by atoms with Crippen LogP contribution in [-0.2, 0) is 6.18 Å². The largest absolute Gasteiger partial charge is 0.416 e. The van der Waals surface area contributed by atoms with Crippen LogP contribution in [-0.4, -0.2) is 36.2 Å². The van der Waals surface area contributed by atoms with Crippen LogP contribution < -0.4 is 0 Å². The molecule has 2 nitrogen and oxygen atoms in total. The average molecular weight is 297 g/mol. The van der Waals surface area contributed by atoms with E-state index < -0.39 is 11.7 Å². The maximum Gasteiger partial charge on any atom is 0.416 e. The van der Waals surface area contributed by atoms with E-state index in [4.69, 9.17) is 5.11 Å². The van der Waals surface area contributed by atoms with Gasteiger partial charge >= 0.3 is 6.18 Å². The lowest BCUT2D eigenvalue weighted by Gasteiger charge is -2.30. The molecule has 0 amide bonds. The van der Waals surface area contributed by atoms with Gasteiger partial charge in [0.25, 0.3) is 0 Å². The summed E-state index contributed by atoms with van der Waals surface area (Å²) < 4.78 is 37.3. The van der Waals surface area contributed by atoms with Crippen molar-refractivity contribution in [2.45, 2.75) is 19.0 Å². The Labute approximate surface area is 122 Å². The summed E-state index contributed by atoms with van der Waals surface area (Å²) in [6.45, 7) is 2.57. The molecule has 21 heavy (non-hydrogen) atoms. The van der Waals surface area contributed by atoms with Crippen molar-refractivity contribution in [3.63, 3.8) is 0 Å². The Balaban J connectivity index is 1.90. The zero-order valence-electron chi connectivity index (χ0n) is 11.7. The average Bonchev–Trinajstić information content (AvgIpc) is 2.47. The maximum absolute atomic E-state index is 12.4. The summed E-state index contributed by atoms with van der Waals surface area (Å²) in [6, 6.07) is 4.88. The minimum atomic E-state index is -4.31. The Morgan fingerprint density at radius 2 is 1.95 bits per heavy atom. The highest BCUT2D eigenvalue weighted by Gasteiger charge is 2.29. The van der Waals surface area contributed by atoms with Gasteiger partial charge in [-0.3, -0.25) is 4.90 Å². The van der Waals surface area contributed by atoms with Crippen LogP contribution in [0.25, 0.3) is 0 Å². The predicted octanol–water partition coefficient (Wildman–Crippen LogP) is 2.76. The molecule has 1 N–H and O–H groups in total. The second-order valence-corrected chi connectivity index (χ2v) is 5.30. The van der Waals surface area contributed by atoms with Gasteiger partial charge < -0.3 is 5.11 Å². The SMILES string of the molecule is OCC1CCCN(CC#Cc2ccc(C(F)(F)F)cc2)C1. The first-order valence-electron chi connectivity index (χ1n) is 6.98. The fourth-order valence-corrected chi connectivity index (χ4v) is 2.44. The Kier molecular flexibility index (Phi) is 5.27. The molecule has 1 aromatic rings. The van der Waals surface area contributed by atoms with Gasteiger partial charge in [-0.05, 0) is 49.6 Å². The fraction of sp³-hybridized carbons (Fsp3) is 0.500. The van der Waals surface area contributed by atoms with Gasteiger partial charge in [-0.25, -0.2) is 0 Å². The zero-order valence-corrected chi connectivity index (χ0v) is 11.7. The lowest BCUT2D eigenvalue weighted by Crippen LogP contribution is -2.36. The monoisotopic (exact) mass is 297 g/mol. The summed E-state index contributed by atoms with van der Waals surface area (Å²) in [5.74, 6) is 6.18. The van der Waals surface area contributed by atoms with E-state index in [0.717, 1.165) is 38.1 Å². The smallest absolute Gasteiger partial charge is 0.396 e. The van der Waals surface area contributed by atoms with Crippen LogP contribution in [0.4, 0.5) is 13.2 Å². The normalized spacial score (nSPS) is 19.9. The first-order valence-corrected chi connectivity index (χ1v) is 6.98. The molecular formula is C16H18F3NO. The van der Waals surface area contributed by atoms with Crippen molar-refractivity contribution in [2.75, 3.05) is 26.2 Å². The lowest BCUT2D eigenvalue weighted by atomic mass is 9.99. The summed E-state index contributed by atoms with van der Waals surface area (Å²) in [6.07, 6.45) is -2.22. The van der Waals surface area contributed by atoms with E-state index in [1.807, 2.05) is 0 Å². The van der Waals surface area contributed by atoms with Crippen molar-refractivity contribution in [1.29, 1.82) is 0 Å². The Hall–Kier alpha value is -1.51. The molecule has 1 aliphatic rings. The third-order valence-electron chi connectivity index (χ3n) is 3.61. The van der Waals surface area contributed by atoms with Crippen LogP contribution in [0.1, 0.15) is 24.0 Å². The lowest BCUT2D eigenvalue weighted by molar-refractivity contribution is -0.137. The molecule has 0 aromatic heterocycles. The Morgan fingerprint density at radius 1 is 1.24 bits per heavy atom. The predicted molar refractivity (Wildman–Crippen MR) is 74.6 cm³/mol. The van der Waals surface area contributed by atoms with Crippen molar-refractivity contribution in [2.24, 2.45) is 5.92 Å². The van der Waals surface area contributed by atoms with Crippen molar-refractivity contribution >= 4 is 0 Å². The molecule has 1 aliphatic heterocycles. The molecule has 1 atom stereocenters. The number of benzene rings is 1. The van der Waals surface area contributed by atoms with Gasteiger partial charge in [-0.15, -0.1) is 0 Å². The number of aliphatic hydroxyl groups excluding tert-OH is 1. The zero-order chi connectivity index (χ0) is 15.3. The summed E-state index contributed by atoms with van der Waals surface area (Å²) in [4.78, 5) is 2.17. The van der Waals surface area contributed by atoms with Crippen molar-refractivity contribution < 1.29 is 18.3 Å². The van der Waals surface area contributed by atoms with Crippen molar-refractivity contribution in [1.82, 2.24) is 4.90 Å². The number of aliphatic hydroxyl groups is 1. The van der Waals surface area contributed by atoms with E-state index in [1.54, 1.807) is 0 Å². The van der Waals surface area contributed by atoms with Gasteiger partial charge in [0.1, 0.15) is 0 Å². The molecule has 1 aromatic carbocycles. The highest BCUT2D eigenvalue weighted by molar-refractivity contribution is 5.37. The van der Waals surface area contributed by atoms with E-state index in [-0.39, 0.29) is 6.61 Å². The molecule has 0 aliphatic carbocycles. The van der Waals surface area contributed by atoms with Crippen molar-refractivity contribution in [3.05, 3.63) is 35.4 Å². The van der Waals surface area contributed by atoms with E-state index in [2.05, 4.69) is 16.7 Å². The molecule has 5 heteroatoms. The van der Waals surface area contributed by atoms with Gasteiger partial charge in [0, 0.05) is 18.7 Å². The van der Waals surface area contributed by atoms with E-state index in [9.17, 15) is 13.2 Å². The van der Waals surface area contributed by atoms with Crippen LogP contribution in [0.2, 0.25) is 0 Å². The summed E-state index contributed by atoms with van der Waals surface area (Å²) in [5, 5.41) is 9.15. The second kappa shape index (κ2) is 6.97. The molecule has 114 valence electrons. The number of halogens is 3. The molecule has 0 radical (unpaired) electrons. The van der Waals surface area contributed by atoms with Crippen LogP contribution in [0.3, 0.4) is 0 Å². The van der Waals surface area contributed by atoms with Gasteiger partial charge in [-0.2, -0.15) is 13.2 Å². The highest BCUT2D eigenvalue weighted by Crippen LogP contribution is 2.28. The quantitative estimate of drug-likeness (QED) is 0.849. The third-order valence-corrected chi connectivity index (χ3v) is 3.61. The number of hydrogen-bond donors (Lipinski definition) is 1. The van der Waals surface area contributed by atoms with Crippen LogP contribution >= 0.6 is 0 Å². The minimum absolute atomic E-state index is 0.197. The number of rotatable bonds is 2. The van der Waals surface area contributed by atoms with Gasteiger partial charge in [0.2, 0.25) is 0 Å². The highest BCUT2D eigenvalue weighted by atomic mass is 19.4. The van der Waals surface area contributed by atoms with E-state index in [1.165, 1.54) is 12.1 Å². The molecular weight excluding hydrogens is 279 g/mol. The summed E-state index contributed by atoms with van der Waals surface area (Å²) >= 11 is 0. The molecule has 0 spiro atoms. The molecule has 0 saturated carbocycles. The third kappa shape index (κ3) is 4.76. The molecule has 2 rings (SSSR count). The Morgan fingerprint density at radius 3 is 2.57 bits per heavy atom. The van der Waals surface area contributed by atoms with E-state index in [0.29, 0.717) is 18.0 Å². The van der Waals surface area contributed by atoms with Crippen LogP contribution in [0.15, 0.2) is 24.3 Å². The van der Waals surface area contributed by atoms with Crippen molar-refractivity contribution in [3.8, 4) is 11.8 Å². The number of hydrogen-bond acceptors (Lipinski definition) is 2. The van der Waals surface area contributed by atoms with Crippen LogP contribution in [0, 0.1) is 17.8 Å². The number of nitrogens with zero attached hydrogens (tertiary/aromatic N) is 1. The topological polar surface area (TPSA) is 23.5 Å². The number of alkyl halides is 3. The minimum Gasteiger partial charge on any atom is -0.396 e. The maximum atomic E-state index is 12.4. The molecule has 1 saturated heterocycles. The van der Waals surface area contributed by atoms with Gasteiger partial charge in [0.15, 0.2) is 0 Å². The first-order chi connectivity index (χ1) is 9.99. The standard InChI is InChI=1S/C16H18F3NO/c17-16(18,19)15-7-5-13(6-8-15)3-1-9-20-10-2-4-14(11-20)12-21/h5-8,14,21H,2,4,9-12H2. The molecule has 1 fully saturated rings. The second-order valence-electron chi connectivity index (χ2n) is 5.30. The molecule has 1 unspecified atom stereocenters. The van der Waals surface area contributed by atoms with Crippen LogP contribution in [0.5, 0.6) is 0 Å². The Bertz CT molecular complexity index is 513. The summed E-state index contributed by atoms with van der Waals surface area (Å²) in [5.41, 5.74) is -0.0754. The number of likely N-dealkylation sites (tertiary alicyclic amines) is 1. The fourth-order valence-electron chi connectivity index (χ4n) is 2.44. The van der Waals surface area contributed by atoms with Gasteiger partial charge in [-0.1, -0.05) is 11.8 Å². The van der Waals surface area contributed by atoms with E-state index >= 15 is 0 Å². The molecule has 0 bridgehead atoms. The number of piperidine rings is 1. The van der Waals surface area contributed by atoms with Gasteiger partial charge in [0.05, 0.1) is 12.1 Å². The first kappa shape index (κ1) is 15.9.